The van der Waals surface area contributed by atoms with Gasteiger partial charge in [0.15, 0.2) is 0 Å². The first-order valence-electron chi connectivity index (χ1n) is 3.26. The molecule has 0 aliphatic heterocycles. The highest BCUT2D eigenvalue weighted by Crippen LogP contribution is 1.87. The van der Waals surface area contributed by atoms with Crippen molar-refractivity contribution in [3.05, 3.63) is 12.7 Å². The van der Waals surface area contributed by atoms with E-state index in [1.54, 1.807) is 6.08 Å². The minimum Gasteiger partial charge on any atom is -0.215 e. The normalized spacial score (nSPS) is 11.4. The molecule has 0 spiro atoms. The number of hydrogen-bond donors (Lipinski definition) is 1. The molecule has 0 unspecified atom stereocenters. The van der Waals surface area contributed by atoms with Crippen LogP contribution in [0.5, 0.6) is 0 Å². The van der Waals surface area contributed by atoms with Gasteiger partial charge in [-0.2, -0.15) is 0 Å². The molecule has 0 aliphatic carbocycles. The summed E-state index contributed by atoms with van der Waals surface area (Å²) >= 11 is 5.26. The average Bonchev–Trinajstić information content (AvgIpc) is 1.87. The van der Waals surface area contributed by atoms with Crippen LogP contribution < -0.4 is 4.72 Å². The molecule has 0 amide bonds. The zero-order valence-electron chi connectivity index (χ0n) is 6.22. The number of halogens is 1. The average molecular weight is 198 g/mol. The number of alkyl halides is 1. The van der Waals surface area contributed by atoms with Crippen LogP contribution in [0.3, 0.4) is 0 Å². The highest BCUT2D eigenvalue weighted by molar-refractivity contribution is 7.89. The van der Waals surface area contributed by atoms with Crippen molar-refractivity contribution in [3.8, 4) is 0 Å². The van der Waals surface area contributed by atoms with Gasteiger partial charge < -0.3 is 0 Å². The second-order valence-corrected chi connectivity index (χ2v) is 4.28. The van der Waals surface area contributed by atoms with Gasteiger partial charge >= 0.3 is 0 Å². The van der Waals surface area contributed by atoms with Crippen LogP contribution in [0.2, 0.25) is 0 Å². The number of hydrogen-bond acceptors (Lipinski definition) is 2. The molecule has 0 aromatic rings. The Bertz CT molecular complexity index is 201. The van der Waals surface area contributed by atoms with Crippen LogP contribution in [-0.2, 0) is 10.0 Å². The van der Waals surface area contributed by atoms with Crippen molar-refractivity contribution < 1.29 is 8.42 Å². The molecule has 0 radical (unpaired) electrons. The van der Waals surface area contributed by atoms with Gasteiger partial charge in [0.25, 0.3) is 0 Å². The Balaban J connectivity index is 3.64. The van der Waals surface area contributed by atoms with Crippen LogP contribution >= 0.6 is 11.6 Å². The predicted molar refractivity (Wildman–Crippen MR) is 47.3 cm³/mol. The molecule has 0 aromatic heterocycles. The standard InChI is InChI=1S/C6H12ClNO2S/c1-2-3-5-8-11(9,10)6-4-7/h2,8H,1,3-6H2. The minimum absolute atomic E-state index is 0.0221. The van der Waals surface area contributed by atoms with Gasteiger partial charge in [0, 0.05) is 12.4 Å². The lowest BCUT2D eigenvalue weighted by Crippen LogP contribution is -2.27. The summed E-state index contributed by atoms with van der Waals surface area (Å²) in [5.74, 6) is 0.106. The van der Waals surface area contributed by atoms with Gasteiger partial charge in [-0.05, 0) is 6.42 Å². The molecule has 0 fully saturated rings. The molecule has 0 saturated heterocycles. The van der Waals surface area contributed by atoms with Crippen LogP contribution in [0, 0.1) is 0 Å². The molecule has 0 bridgehead atoms. The minimum atomic E-state index is -3.13. The third-order valence-corrected chi connectivity index (χ3v) is 2.81. The molecule has 0 heterocycles. The molecular formula is C6H12ClNO2S. The SMILES string of the molecule is C=CCCNS(=O)(=O)CCCl. The third-order valence-electron chi connectivity index (χ3n) is 1.02. The van der Waals surface area contributed by atoms with Gasteiger partial charge in [-0.3, -0.25) is 0 Å². The second-order valence-electron chi connectivity index (χ2n) is 1.98. The zero-order chi connectivity index (χ0) is 8.74. The van der Waals surface area contributed by atoms with Crippen LogP contribution in [0.15, 0.2) is 12.7 Å². The summed E-state index contributed by atoms with van der Waals surface area (Å²) < 4.78 is 24.1. The van der Waals surface area contributed by atoms with E-state index in [-0.39, 0.29) is 11.6 Å². The molecule has 0 saturated carbocycles. The van der Waals surface area contributed by atoms with Crippen molar-refractivity contribution in [2.24, 2.45) is 0 Å². The largest absolute Gasteiger partial charge is 0.215 e. The Hall–Kier alpha value is -0.0600. The van der Waals surface area contributed by atoms with Crippen molar-refractivity contribution >= 4 is 21.6 Å². The van der Waals surface area contributed by atoms with Crippen LogP contribution in [-0.4, -0.2) is 26.6 Å². The molecule has 5 heteroatoms. The van der Waals surface area contributed by atoms with Crippen LogP contribution in [0.1, 0.15) is 6.42 Å². The molecular weight excluding hydrogens is 186 g/mol. The second kappa shape index (κ2) is 5.57. The predicted octanol–water partition coefficient (Wildman–Crippen LogP) is 0.721. The molecule has 3 nitrogen and oxygen atoms in total. The van der Waals surface area contributed by atoms with Crippen molar-refractivity contribution in [1.29, 1.82) is 0 Å². The molecule has 0 atom stereocenters. The van der Waals surface area contributed by atoms with Gasteiger partial charge in [0.2, 0.25) is 10.0 Å². The van der Waals surface area contributed by atoms with E-state index < -0.39 is 10.0 Å². The molecule has 1 N–H and O–H groups in total. The maximum Gasteiger partial charge on any atom is 0.212 e. The first-order valence-corrected chi connectivity index (χ1v) is 5.45. The Kier molecular flexibility index (Phi) is 5.54. The van der Waals surface area contributed by atoms with Crippen LogP contribution in [0.25, 0.3) is 0 Å². The van der Waals surface area contributed by atoms with Crippen molar-refractivity contribution in [1.82, 2.24) is 4.72 Å². The van der Waals surface area contributed by atoms with Crippen LogP contribution in [0.4, 0.5) is 0 Å². The summed E-state index contributed by atoms with van der Waals surface area (Å²) in [6.07, 6.45) is 2.30. The van der Waals surface area contributed by atoms with E-state index in [1.807, 2.05) is 0 Å². The van der Waals surface area contributed by atoms with E-state index in [2.05, 4.69) is 11.3 Å². The highest BCUT2D eigenvalue weighted by Gasteiger charge is 2.06. The molecule has 66 valence electrons. The molecule has 0 aromatic carbocycles. The van der Waals surface area contributed by atoms with E-state index in [4.69, 9.17) is 11.6 Å². The number of sulfonamides is 1. The van der Waals surface area contributed by atoms with Crippen molar-refractivity contribution in [3.63, 3.8) is 0 Å². The summed E-state index contributed by atoms with van der Waals surface area (Å²) in [5, 5.41) is 0. The van der Waals surface area contributed by atoms with Gasteiger partial charge in [-0.15, -0.1) is 18.2 Å². The topological polar surface area (TPSA) is 46.2 Å². The number of nitrogens with one attached hydrogen (secondary N) is 1. The monoisotopic (exact) mass is 197 g/mol. The summed E-state index contributed by atoms with van der Waals surface area (Å²) in [5.41, 5.74) is 0. The highest BCUT2D eigenvalue weighted by atomic mass is 35.5. The Morgan fingerprint density at radius 2 is 2.18 bits per heavy atom. The van der Waals surface area contributed by atoms with E-state index in [0.29, 0.717) is 13.0 Å². The fraction of sp³-hybridized carbons (Fsp3) is 0.667. The fourth-order valence-electron chi connectivity index (χ4n) is 0.490. The number of rotatable bonds is 6. The lowest BCUT2D eigenvalue weighted by atomic mass is 10.4. The quantitative estimate of drug-likeness (QED) is 0.388. The van der Waals surface area contributed by atoms with Gasteiger partial charge in [0.1, 0.15) is 0 Å². The molecule has 11 heavy (non-hydrogen) atoms. The van der Waals surface area contributed by atoms with E-state index >= 15 is 0 Å². The van der Waals surface area contributed by atoms with Gasteiger partial charge in [0.05, 0.1) is 5.75 Å². The van der Waals surface area contributed by atoms with E-state index in [9.17, 15) is 8.42 Å². The lowest BCUT2D eigenvalue weighted by molar-refractivity contribution is 0.583. The fourth-order valence-corrected chi connectivity index (χ4v) is 1.88. The first kappa shape index (κ1) is 10.9. The van der Waals surface area contributed by atoms with Gasteiger partial charge in [-0.25, -0.2) is 13.1 Å². The van der Waals surface area contributed by atoms with Crippen molar-refractivity contribution in [2.45, 2.75) is 6.42 Å². The van der Waals surface area contributed by atoms with E-state index in [0.717, 1.165) is 0 Å². The Morgan fingerprint density at radius 1 is 1.55 bits per heavy atom. The first-order chi connectivity index (χ1) is 5.12. The van der Waals surface area contributed by atoms with Crippen molar-refractivity contribution in [2.75, 3.05) is 18.2 Å². The lowest BCUT2D eigenvalue weighted by Gasteiger charge is -2.01. The smallest absolute Gasteiger partial charge is 0.212 e. The maximum atomic E-state index is 10.9. The summed E-state index contributed by atoms with van der Waals surface area (Å²) in [6.45, 7) is 3.87. The maximum absolute atomic E-state index is 10.9. The third kappa shape index (κ3) is 6.34. The van der Waals surface area contributed by atoms with E-state index in [1.165, 1.54) is 0 Å². The Labute approximate surface area is 72.5 Å². The summed E-state index contributed by atoms with van der Waals surface area (Å²) in [4.78, 5) is 0. The zero-order valence-corrected chi connectivity index (χ0v) is 7.79. The summed E-state index contributed by atoms with van der Waals surface area (Å²) in [7, 11) is -3.13. The summed E-state index contributed by atoms with van der Waals surface area (Å²) in [6, 6.07) is 0. The molecule has 0 rings (SSSR count). The van der Waals surface area contributed by atoms with Gasteiger partial charge in [-0.1, -0.05) is 6.08 Å². The Morgan fingerprint density at radius 3 is 2.64 bits per heavy atom. The molecule has 0 aliphatic rings.